The van der Waals surface area contributed by atoms with Crippen LogP contribution in [0.4, 0.5) is 0 Å². The van der Waals surface area contributed by atoms with Crippen LogP contribution < -0.4 is 10.6 Å². The number of aliphatic imine (C=N–C) groups is 1. The Labute approximate surface area is 175 Å². The molecule has 1 aromatic carbocycles. The first-order valence-corrected chi connectivity index (χ1v) is 8.89. The summed E-state index contributed by atoms with van der Waals surface area (Å²) in [6, 6.07) is 10.2. The zero-order valence-corrected chi connectivity index (χ0v) is 18.9. The van der Waals surface area contributed by atoms with Crippen molar-refractivity contribution in [3.05, 3.63) is 35.9 Å². The van der Waals surface area contributed by atoms with E-state index in [0.29, 0.717) is 12.5 Å². The van der Waals surface area contributed by atoms with E-state index < -0.39 is 0 Å². The number of ether oxygens (including phenoxy) is 2. The van der Waals surface area contributed by atoms with E-state index in [1.165, 1.54) is 5.56 Å². The van der Waals surface area contributed by atoms with E-state index in [2.05, 4.69) is 46.6 Å². The second kappa shape index (κ2) is 16.3. The van der Waals surface area contributed by atoms with Gasteiger partial charge in [0.15, 0.2) is 5.96 Å². The lowest BCUT2D eigenvalue weighted by atomic mass is 10.2. The van der Waals surface area contributed by atoms with Crippen molar-refractivity contribution in [1.82, 2.24) is 15.5 Å². The minimum atomic E-state index is 0. The number of hydrogen-bond donors (Lipinski definition) is 2. The van der Waals surface area contributed by atoms with Crippen LogP contribution in [-0.4, -0.2) is 71.5 Å². The van der Waals surface area contributed by atoms with Gasteiger partial charge in [0.1, 0.15) is 0 Å². The number of benzene rings is 1. The van der Waals surface area contributed by atoms with Crippen LogP contribution in [0.5, 0.6) is 0 Å². The first kappa shape index (κ1) is 25.1. The third-order valence-corrected chi connectivity index (χ3v) is 3.82. The van der Waals surface area contributed by atoms with Gasteiger partial charge in [0, 0.05) is 40.3 Å². The van der Waals surface area contributed by atoms with Crippen molar-refractivity contribution >= 4 is 29.9 Å². The van der Waals surface area contributed by atoms with E-state index >= 15 is 0 Å². The Balaban J connectivity index is 0.00000625. The molecule has 1 rings (SSSR count). The highest BCUT2D eigenvalue weighted by Gasteiger charge is 2.05. The molecule has 7 heteroatoms. The molecule has 1 atom stereocenters. The van der Waals surface area contributed by atoms with Gasteiger partial charge >= 0.3 is 0 Å². The van der Waals surface area contributed by atoms with Crippen LogP contribution in [0.3, 0.4) is 0 Å². The molecule has 0 radical (unpaired) electrons. The van der Waals surface area contributed by atoms with Gasteiger partial charge in [-0.25, -0.2) is 0 Å². The average molecular weight is 478 g/mol. The van der Waals surface area contributed by atoms with Gasteiger partial charge in [-0.15, -0.1) is 24.0 Å². The Hall–Kier alpha value is -0.900. The number of rotatable bonds is 12. The number of hydrogen-bond acceptors (Lipinski definition) is 4. The summed E-state index contributed by atoms with van der Waals surface area (Å²) in [4.78, 5) is 6.48. The van der Waals surface area contributed by atoms with Gasteiger partial charge in [0.2, 0.25) is 0 Å². The molecule has 6 nitrogen and oxygen atoms in total. The first-order valence-electron chi connectivity index (χ1n) is 8.89. The maximum atomic E-state index is 5.78. The first-order chi connectivity index (χ1) is 12.2. The number of methoxy groups -OCH3 is 1. The Morgan fingerprint density at radius 1 is 1.19 bits per heavy atom. The Bertz CT molecular complexity index is 474. The third kappa shape index (κ3) is 12.5. The minimum absolute atomic E-state index is 0. The van der Waals surface area contributed by atoms with E-state index in [1.54, 1.807) is 14.2 Å². The molecule has 0 aromatic heterocycles. The molecule has 0 aliphatic carbocycles. The normalized spacial score (nSPS) is 12.6. The number of guanidine groups is 1. The summed E-state index contributed by atoms with van der Waals surface area (Å²) in [5.74, 6) is 1.24. The lowest BCUT2D eigenvalue weighted by molar-refractivity contribution is 0.0931. The van der Waals surface area contributed by atoms with Crippen LogP contribution in [0.25, 0.3) is 0 Å². The molecule has 0 aliphatic rings. The number of nitrogens with zero attached hydrogens (tertiary/aromatic N) is 2. The predicted octanol–water partition coefficient (Wildman–Crippen LogP) is 2.20. The van der Waals surface area contributed by atoms with Crippen LogP contribution in [0, 0.1) is 5.92 Å². The summed E-state index contributed by atoms with van der Waals surface area (Å²) in [7, 11) is 5.60. The van der Waals surface area contributed by atoms with Gasteiger partial charge < -0.3 is 25.0 Å². The second-order valence-corrected chi connectivity index (χ2v) is 6.28. The van der Waals surface area contributed by atoms with Crippen LogP contribution in [-0.2, 0) is 16.1 Å². The SMILES string of the molecule is CN=C(NCCN(C)CCOC)NCC(C)COCc1ccccc1.I. The lowest BCUT2D eigenvalue weighted by Gasteiger charge is -2.19. The van der Waals surface area contributed by atoms with Crippen molar-refractivity contribution in [2.45, 2.75) is 13.5 Å². The number of likely N-dealkylation sites (N-methyl/N-ethyl adjacent to an activating group) is 1. The lowest BCUT2D eigenvalue weighted by Crippen LogP contribution is -2.43. The van der Waals surface area contributed by atoms with Crippen molar-refractivity contribution in [2.24, 2.45) is 10.9 Å². The molecule has 150 valence electrons. The summed E-state index contributed by atoms with van der Waals surface area (Å²) in [6.07, 6.45) is 0. The Morgan fingerprint density at radius 3 is 2.58 bits per heavy atom. The highest BCUT2D eigenvalue weighted by Crippen LogP contribution is 2.02. The quantitative estimate of drug-likeness (QED) is 0.274. The molecule has 0 aliphatic heterocycles. The van der Waals surface area contributed by atoms with Crippen molar-refractivity contribution in [1.29, 1.82) is 0 Å². The van der Waals surface area contributed by atoms with Gasteiger partial charge in [-0.2, -0.15) is 0 Å². The van der Waals surface area contributed by atoms with Crippen molar-refractivity contribution in [3.63, 3.8) is 0 Å². The smallest absolute Gasteiger partial charge is 0.191 e. The molecular formula is C19H35IN4O2. The standard InChI is InChI=1S/C19H34N4O2.HI/c1-17(15-25-16-18-8-6-5-7-9-18)14-22-19(20-2)21-10-11-23(3)12-13-24-4;/h5-9,17H,10-16H2,1-4H3,(H2,20,21,22);1H. The molecule has 26 heavy (non-hydrogen) atoms. The minimum Gasteiger partial charge on any atom is -0.383 e. The maximum Gasteiger partial charge on any atom is 0.191 e. The molecule has 1 unspecified atom stereocenters. The van der Waals surface area contributed by atoms with E-state index in [4.69, 9.17) is 9.47 Å². The van der Waals surface area contributed by atoms with E-state index in [1.807, 2.05) is 18.2 Å². The molecule has 0 spiro atoms. The zero-order valence-electron chi connectivity index (χ0n) is 16.5. The summed E-state index contributed by atoms with van der Waals surface area (Å²) >= 11 is 0. The zero-order chi connectivity index (χ0) is 18.3. The van der Waals surface area contributed by atoms with Crippen LogP contribution >= 0.6 is 24.0 Å². The molecule has 0 fully saturated rings. The number of halogens is 1. The summed E-state index contributed by atoms with van der Waals surface area (Å²) in [6.45, 7) is 7.85. The highest BCUT2D eigenvalue weighted by molar-refractivity contribution is 14.0. The fraction of sp³-hybridized carbons (Fsp3) is 0.632. The maximum absolute atomic E-state index is 5.78. The fourth-order valence-electron chi connectivity index (χ4n) is 2.23. The molecule has 0 heterocycles. The van der Waals surface area contributed by atoms with Crippen molar-refractivity contribution in [3.8, 4) is 0 Å². The molecule has 1 aromatic rings. The van der Waals surface area contributed by atoms with E-state index in [9.17, 15) is 0 Å². The largest absolute Gasteiger partial charge is 0.383 e. The highest BCUT2D eigenvalue weighted by atomic mass is 127. The van der Waals surface area contributed by atoms with Gasteiger partial charge in [0.25, 0.3) is 0 Å². The van der Waals surface area contributed by atoms with Crippen molar-refractivity contribution < 1.29 is 9.47 Å². The summed E-state index contributed by atoms with van der Waals surface area (Å²) in [5.41, 5.74) is 1.21. The third-order valence-electron chi connectivity index (χ3n) is 3.82. The molecule has 0 saturated carbocycles. The van der Waals surface area contributed by atoms with Crippen LogP contribution in [0.15, 0.2) is 35.3 Å². The summed E-state index contributed by atoms with van der Waals surface area (Å²) < 4.78 is 10.9. The monoisotopic (exact) mass is 478 g/mol. The van der Waals surface area contributed by atoms with Gasteiger partial charge in [-0.1, -0.05) is 37.3 Å². The van der Waals surface area contributed by atoms with Gasteiger partial charge in [0.05, 0.1) is 19.8 Å². The molecule has 0 bridgehead atoms. The molecule has 0 amide bonds. The second-order valence-electron chi connectivity index (χ2n) is 6.28. The average Bonchev–Trinajstić information content (AvgIpc) is 2.63. The van der Waals surface area contributed by atoms with Crippen LogP contribution in [0.2, 0.25) is 0 Å². The van der Waals surface area contributed by atoms with Gasteiger partial charge in [-0.3, -0.25) is 4.99 Å². The molecule has 2 N–H and O–H groups in total. The molecule has 0 saturated heterocycles. The molecular weight excluding hydrogens is 443 g/mol. The van der Waals surface area contributed by atoms with E-state index in [0.717, 1.165) is 45.4 Å². The van der Waals surface area contributed by atoms with E-state index in [-0.39, 0.29) is 24.0 Å². The summed E-state index contributed by atoms with van der Waals surface area (Å²) in [5, 5.41) is 6.68. The van der Waals surface area contributed by atoms with Gasteiger partial charge in [-0.05, 0) is 18.5 Å². The fourth-order valence-corrected chi connectivity index (χ4v) is 2.23. The van der Waals surface area contributed by atoms with Crippen molar-refractivity contribution in [2.75, 3.05) is 60.6 Å². The topological polar surface area (TPSA) is 58.1 Å². The Morgan fingerprint density at radius 2 is 1.92 bits per heavy atom. The van der Waals surface area contributed by atoms with Crippen LogP contribution in [0.1, 0.15) is 12.5 Å². The number of nitrogens with one attached hydrogen (secondary N) is 2. The predicted molar refractivity (Wildman–Crippen MR) is 119 cm³/mol. The Kier molecular flexibility index (Phi) is 15.7.